The second-order valence-electron chi connectivity index (χ2n) is 13.2. The second-order valence-corrected chi connectivity index (χ2v) is 14.3. The van der Waals surface area contributed by atoms with Crippen LogP contribution in [0.5, 0.6) is 0 Å². The van der Waals surface area contributed by atoms with E-state index in [1.165, 1.54) is 92.6 Å². The van der Waals surface area contributed by atoms with Crippen LogP contribution in [0.4, 0.5) is 17.1 Å². The number of thiophene rings is 1. The molecule has 9 aromatic rings. The number of anilines is 3. The first-order valence-corrected chi connectivity index (χ1v) is 18.0. The van der Waals surface area contributed by atoms with Crippen molar-refractivity contribution in [2.24, 2.45) is 0 Å². The molecule has 0 saturated carbocycles. The number of hydrogen-bond acceptors (Lipinski definition) is 2. The zero-order valence-electron chi connectivity index (χ0n) is 27.1. The molecule has 1 nitrogen and oxygen atoms in total. The minimum atomic E-state index is 1.14. The van der Waals surface area contributed by atoms with E-state index in [2.05, 4.69) is 181 Å². The van der Waals surface area contributed by atoms with Gasteiger partial charge in [0.1, 0.15) is 0 Å². The van der Waals surface area contributed by atoms with E-state index in [1.807, 2.05) is 11.3 Å². The predicted octanol–water partition coefficient (Wildman–Crippen LogP) is 14.2. The predicted molar refractivity (Wildman–Crippen MR) is 214 cm³/mol. The number of para-hydroxylation sites is 1. The maximum Gasteiger partial charge on any atom is 0.0640 e. The molecule has 0 saturated heterocycles. The summed E-state index contributed by atoms with van der Waals surface area (Å²) in [7, 11) is 0. The normalized spacial score (nSPS) is 12.0. The fraction of sp³-hybridized carbons (Fsp3) is 0. The fourth-order valence-electron chi connectivity index (χ4n) is 8.48. The molecule has 0 radical (unpaired) electrons. The number of hydrogen-bond donors (Lipinski definition) is 0. The number of nitrogens with zero attached hydrogens (tertiary/aromatic N) is 1. The molecule has 1 aromatic heterocycles. The lowest BCUT2D eigenvalue weighted by atomic mass is 9.83. The smallest absolute Gasteiger partial charge is 0.0640 e. The third-order valence-electron chi connectivity index (χ3n) is 10.6. The highest BCUT2D eigenvalue weighted by atomic mass is 32.1. The van der Waals surface area contributed by atoms with E-state index in [-0.39, 0.29) is 0 Å². The topological polar surface area (TPSA) is 3.24 Å². The van der Waals surface area contributed by atoms with Gasteiger partial charge in [-0.15, -0.1) is 11.3 Å². The molecule has 50 heavy (non-hydrogen) atoms. The van der Waals surface area contributed by atoms with Crippen molar-refractivity contribution in [3.63, 3.8) is 0 Å². The van der Waals surface area contributed by atoms with Crippen LogP contribution in [0.2, 0.25) is 0 Å². The summed E-state index contributed by atoms with van der Waals surface area (Å²) < 4.78 is 2.59. The van der Waals surface area contributed by atoms with Crippen molar-refractivity contribution < 1.29 is 0 Å². The highest BCUT2D eigenvalue weighted by Gasteiger charge is 2.31. The molecule has 11 rings (SSSR count). The SMILES string of the molecule is c1ccc(-c2ccccc2N(c2ccc3c(c2)-c2c4cccc2-c2cccc-3c2-c2ccccc2-4)c2cccc3c2sc2ccccc23)cc1. The first-order valence-electron chi connectivity index (χ1n) is 17.2. The Morgan fingerprint density at radius 1 is 0.340 bits per heavy atom. The summed E-state index contributed by atoms with van der Waals surface area (Å²) in [4.78, 5) is 2.50. The van der Waals surface area contributed by atoms with E-state index in [0.717, 1.165) is 11.4 Å². The van der Waals surface area contributed by atoms with Crippen LogP contribution in [-0.4, -0.2) is 0 Å². The summed E-state index contributed by atoms with van der Waals surface area (Å²) in [5.41, 5.74) is 18.9. The molecular weight excluding hydrogens is 623 g/mol. The molecule has 0 amide bonds. The summed E-state index contributed by atoms with van der Waals surface area (Å²) in [5.74, 6) is 0. The Morgan fingerprint density at radius 2 is 0.880 bits per heavy atom. The fourth-order valence-corrected chi connectivity index (χ4v) is 9.68. The molecule has 0 aliphatic heterocycles. The molecule has 0 atom stereocenters. The minimum absolute atomic E-state index is 1.14. The van der Waals surface area contributed by atoms with Crippen molar-refractivity contribution in [2.45, 2.75) is 0 Å². The summed E-state index contributed by atoms with van der Waals surface area (Å²) in [6.07, 6.45) is 0. The van der Waals surface area contributed by atoms with Gasteiger partial charge in [-0.05, 0) is 91.5 Å². The van der Waals surface area contributed by atoms with Crippen molar-refractivity contribution in [3.8, 4) is 66.8 Å². The Morgan fingerprint density at radius 3 is 1.68 bits per heavy atom. The molecule has 1 heterocycles. The van der Waals surface area contributed by atoms with Gasteiger partial charge in [0.15, 0.2) is 0 Å². The van der Waals surface area contributed by atoms with Gasteiger partial charge in [-0.3, -0.25) is 0 Å². The van der Waals surface area contributed by atoms with Gasteiger partial charge in [-0.25, -0.2) is 0 Å². The van der Waals surface area contributed by atoms with Crippen molar-refractivity contribution in [1.82, 2.24) is 0 Å². The van der Waals surface area contributed by atoms with Crippen molar-refractivity contribution in [2.75, 3.05) is 4.90 Å². The molecular formula is C48H29NS. The lowest BCUT2D eigenvalue weighted by Crippen LogP contribution is -2.12. The Labute approximate surface area is 295 Å². The quantitative estimate of drug-likeness (QED) is 0.183. The zero-order valence-corrected chi connectivity index (χ0v) is 27.9. The summed E-state index contributed by atoms with van der Waals surface area (Å²) in [6, 6.07) is 65.0. The van der Waals surface area contributed by atoms with Crippen LogP contribution in [0.3, 0.4) is 0 Å². The number of fused-ring (bicyclic) bond motifs is 7. The molecule has 6 bridgehead atoms. The summed E-state index contributed by atoms with van der Waals surface area (Å²) >= 11 is 1.88. The van der Waals surface area contributed by atoms with Gasteiger partial charge in [0, 0.05) is 26.7 Å². The molecule has 0 spiro atoms. The number of rotatable bonds is 4. The Hall–Kier alpha value is -6.22. The maximum atomic E-state index is 2.50. The Balaban J connectivity index is 1.24. The highest BCUT2D eigenvalue weighted by molar-refractivity contribution is 7.26. The average molecular weight is 652 g/mol. The van der Waals surface area contributed by atoms with Gasteiger partial charge in [0.2, 0.25) is 0 Å². The third-order valence-corrected chi connectivity index (χ3v) is 11.8. The molecule has 0 N–H and O–H groups in total. The van der Waals surface area contributed by atoms with E-state index < -0.39 is 0 Å². The minimum Gasteiger partial charge on any atom is -0.308 e. The first kappa shape index (κ1) is 27.7. The lowest BCUT2D eigenvalue weighted by molar-refractivity contribution is 1.30. The number of benzene rings is 8. The summed E-state index contributed by atoms with van der Waals surface area (Å²) in [6.45, 7) is 0. The van der Waals surface area contributed by atoms with Crippen LogP contribution in [0.1, 0.15) is 0 Å². The first-order chi connectivity index (χ1) is 24.8. The highest BCUT2D eigenvalue weighted by Crippen LogP contribution is 2.58. The van der Waals surface area contributed by atoms with Gasteiger partial charge in [0.05, 0.1) is 16.1 Å². The second kappa shape index (κ2) is 10.6. The van der Waals surface area contributed by atoms with Crippen LogP contribution in [0.25, 0.3) is 86.9 Å². The molecule has 2 aliphatic carbocycles. The molecule has 2 aliphatic rings. The van der Waals surface area contributed by atoms with Crippen molar-refractivity contribution in [3.05, 3.63) is 176 Å². The molecule has 2 heteroatoms. The van der Waals surface area contributed by atoms with Crippen LogP contribution in [0, 0.1) is 0 Å². The largest absolute Gasteiger partial charge is 0.308 e. The Bertz CT molecular complexity index is 2800. The molecule has 232 valence electrons. The van der Waals surface area contributed by atoms with Gasteiger partial charge in [-0.1, -0.05) is 146 Å². The van der Waals surface area contributed by atoms with E-state index >= 15 is 0 Å². The Kier molecular flexibility index (Phi) is 5.89. The third kappa shape index (κ3) is 3.88. The maximum absolute atomic E-state index is 2.50. The van der Waals surface area contributed by atoms with E-state index in [4.69, 9.17) is 0 Å². The molecule has 0 fully saturated rings. The van der Waals surface area contributed by atoms with Crippen molar-refractivity contribution in [1.29, 1.82) is 0 Å². The summed E-state index contributed by atoms with van der Waals surface area (Å²) in [5, 5.41) is 2.60. The van der Waals surface area contributed by atoms with Gasteiger partial charge < -0.3 is 4.90 Å². The zero-order chi connectivity index (χ0) is 32.8. The van der Waals surface area contributed by atoms with Gasteiger partial charge >= 0.3 is 0 Å². The van der Waals surface area contributed by atoms with Crippen LogP contribution in [0.15, 0.2) is 176 Å². The van der Waals surface area contributed by atoms with Crippen LogP contribution < -0.4 is 4.90 Å². The van der Waals surface area contributed by atoms with E-state index in [1.54, 1.807) is 0 Å². The van der Waals surface area contributed by atoms with Crippen LogP contribution >= 0.6 is 11.3 Å². The molecule has 0 unspecified atom stereocenters. The average Bonchev–Trinajstić information content (AvgIpc) is 3.52. The van der Waals surface area contributed by atoms with Crippen molar-refractivity contribution >= 4 is 48.6 Å². The van der Waals surface area contributed by atoms with Gasteiger partial charge in [-0.2, -0.15) is 0 Å². The van der Waals surface area contributed by atoms with Crippen LogP contribution in [-0.2, 0) is 0 Å². The molecule has 8 aromatic carbocycles. The standard InChI is InChI=1S/C48H29NS/c1-2-13-30(14-3-1)32-15-6-8-24-43(32)49(44-25-12-23-41-35-17-7-9-26-45(35)50-48(41)44)31-27-28-34-38-20-11-21-39-40-22-10-19-37(47(40)42(34)29-31)33-16-4-5-18-36(33)46(38)39/h1-29H. The van der Waals surface area contributed by atoms with Gasteiger partial charge in [0.25, 0.3) is 0 Å². The van der Waals surface area contributed by atoms with E-state index in [9.17, 15) is 0 Å². The van der Waals surface area contributed by atoms with E-state index in [0.29, 0.717) is 0 Å². The monoisotopic (exact) mass is 651 g/mol. The lowest BCUT2D eigenvalue weighted by Gasteiger charge is -2.30.